The van der Waals surface area contributed by atoms with Gasteiger partial charge in [-0.1, -0.05) is 37.6 Å². The zero-order chi connectivity index (χ0) is 13.9. The Kier molecular flexibility index (Phi) is 4.42. The fraction of sp³-hybridized carbons (Fsp3) is 0.667. The second-order valence-electron chi connectivity index (χ2n) is 6.49. The molecule has 0 aromatic heterocycles. The predicted molar refractivity (Wildman–Crippen MR) is 82.7 cm³/mol. The minimum absolute atomic E-state index is 0.293. The Balaban J connectivity index is 1.72. The lowest BCUT2D eigenvalue weighted by atomic mass is 9.85. The number of benzene rings is 1. The number of fused-ring (bicyclic) bond motifs is 1. The van der Waals surface area contributed by atoms with Gasteiger partial charge in [0.05, 0.1) is 6.10 Å². The summed E-state index contributed by atoms with van der Waals surface area (Å²) in [6, 6.07) is 8.76. The molecule has 1 fully saturated rings. The van der Waals surface area contributed by atoms with E-state index < -0.39 is 0 Å². The van der Waals surface area contributed by atoms with Crippen molar-refractivity contribution >= 4 is 0 Å². The average molecular weight is 273 g/mol. The summed E-state index contributed by atoms with van der Waals surface area (Å²) in [6.45, 7) is 4.65. The van der Waals surface area contributed by atoms with Crippen LogP contribution in [0, 0.1) is 5.92 Å². The molecule has 110 valence electrons. The second-order valence-corrected chi connectivity index (χ2v) is 6.49. The molecule has 1 aliphatic carbocycles. The first-order valence-corrected chi connectivity index (χ1v) is 8.29. The summed E-state index contributed by atoms with van der Waals surface area (Å²) in [7, 11) is 0. The van der Waals surface area contributed by atoms with Gasteiger partial charge in [0.25, 0.3) is 0 Å². The monoisotopic (exact) mass is 273 g/mol. The molecule has 0 amide bonds. The molecular weight excluding hydrogens is 246 g/mol. The van der Waals surface area contributed by atoms with E-state index in [1.54, 1.807) is 0 Å². The van der Waals surface area contributed by atoms with Crippen LogP contribution >= 0.6 is 0 Å². The molecule has 3 rings (SSSR count). The van der Waals surface area contributed by atoms with Crippen molar-refractivity contribution in [1.82, 2.24) is 4.90 Å². The van der Waals surface area contributed by atoms with Crippen molar-refractivity contribution in [2.24, 2.45) is 5.92 Å². The lowest BCUT2D eigenvalue weighted by Crippen LogP contribution is -2.42. The topological polar surface area (TPSA) is 23.5 Å². The van der Waals surface area contributed by atoms with E-state index in [1.807, 2.05) is 0 Å². The number of hydrogen-bond donors (Lipinski definition) is 1. The molecule has 1 aliphatic heterocycles. The van der Waals surface area contributed by atoms with E-state index in [2.05, 4.69) is 36.1 Å². The number of aryl methyl sites for hydroxylation is 1. The number of nitrogens with zero attached hydrogens (tertiary/aromatic N) is 1. The Hall–Kier alpha value is -0.860. The fourth-order valence-electron chi connectivity index (χ4n) is 4.03. The highest BCUT2D eigenvalue weighted by molar-refractivity contribution is 5.32. The maximum absolute atomic E-state index is 10.7. The first-order valence-electron chi connectivity index (χ1n) is 8.29. The Morgan fingerprint density at radius 1 is 1.15 bits per heavy atom. The van der Waals surface area contributed by atoms with E-state index in [0.29, 0.717) is 6.04 Å². The SMILES string of the molecule is CCC1CCCN(C2CCc3ccccc3C2O)CC1. The lowest BCUT2D eigenvalue weighted by Gasteiger charge is -2.38. The van der Waals surface area contributed by atoms with Gasteiger partial charge in [-0.3, -0.25) is 4.90 Å². The maximum Gasteiger partial charge on any atom is 0.0947 e. The summed E-state index contributed by atoms with van der Waals surface area (Å²) in [5, 5.41) is 10.7. The standard InChI is InChI=1S/C18H27NO/c1-2-14-6-5-12-19(13-11-14)17-10-9-15-7-3-4-8-16(15)18(17)20/h3-4,7-8,14,17-18,20H,2,5-6,9-13H2,1H3. The first-order chi connectivity index (χ1) is 9.79. The lowest BCUT2D eigenvalue weighted by molar-refractivity contribution is 0.0371. The summed E-state index contributed by atoms with van der Waals surface area (Å²) in [6.07, 6.45) is 7.21. The molecule has 2 heteroatoms. The highest BCUT2D eigenvalue weighted by Gasteiger charge is 2.32. The van der Waals surface area contributed by atoms with Crippen molar-refractivity contribution in [2.45, 2.75) is 57.6 Å². The Bertz CT molecular complexity index is 445. The first kappa shape index (κ1) is 14.1. The van der Waals surface area contributed by atoms with Gasteiger partial charge in [-0.05, 0) is 62.2 Å². The van der Waals surface area contributed by atoms with Crippen LogP contribution < -0.4 is 0 Å². The third-order valence-electron chi connectivity index (χ3n) is 5.38. The minimum Gasteiger partial charge on any atom is -0.387 e. The minimum atomic E-state index is -0.293. The molecule has 20 heavy (non-hydrogen) atoms. The average Bonchev–Trinajstić information content (AvgIpc) is 2.73. The number of likely N-dealkylation sites (tertiary alicyclic amines) is 1. The van der Waals surface area contributed by atoms with E-state index in [-0.39, 0.29) is 6.10 Å². The van der Waals surface area contributed by atoms with Crippen molar-refractivity contribution in [3.8, 4) is 0 Å². The van der Waals surface area contributed by atoms with Gasteiger partial charge in [0, 0.05) is 6.04 Å². The van der Waals surface area contributed by atoms with Gasteiger partial charge in [-0.25, -0.2) is 0 Å². The predicted octanol–water partition coefficient (Wildman–Crippen LogP) is 3.55. The third kappa shape index (κ3) is 2.77. The molecule has 3 atom stereocenters. The summed E-state index contributed by atoms with van der Waals surface area (Å²) >= 11 is 0. The summed E-state index contributed by atoms with van der Waals surface area (Å²) in [4.78, 5) is 2.57. The van der Waals surface area contributed by atoms with Gasteiger partial charge in [-0.2, -0.15) is 0 Å². The molecule has 1 saturated heterocycles. The summed E-state index contributed by atoms with van der Waals surface area (Å²) < 4.78 is 0. The van der Waals surface area contributed by atoms with E-state index >= 15 is 0 Å². The highest BCUT2D eigenvalue weighted by Crippen LogP contribution is 2.34. The zero-order valence-corrected chi connectivity index (χ0v) is 12.6. The molecule has 1 aromatic carbocycles. The molecule has 2 nitrogen and oxygen atoms in total. The summed E-state index contributed by atoms with van der Waals surface area (Å²) in [5.74, 6) is 0.896. The van der Waals surface area contributed by atoms with Crippen molar-refractivity contribution in [3.05, 3.63) is 35.4 Å². The summed E-state index contributed by atoms with van der Waals surface area (Å²) in [5.41, 5.74) is 2.51. The number of aliphatic hydroxyl groups excluding tert-OH is 1. The molecular formula is C18H27NO. The van der Waals surface area contributed by atoms with Gasteiger partial charge >= 0.3 is 0 Å². The van der Waals surface area contributed by atoms with Crippen LogP contribution in [0.15, 0.2) is 24.3 Å². The Morgan fingerprint density at radius 2 is 2.00 bits per heavy atom. The molecule has 0 radical (unpaired) electrons. The van der Waals surface area contributed by atoms with Gasteiger partial charge in [0.2, 0.25) is 0 Å². The quantitative estimate of drug-likeness (QED) is 0.891. The van der Waals surface area contributed by atoms with Crippen LogP contribution in [0.1, 0.15) is 56.3 Å². The van der Waals surface area contributed by atoms with Crippen LogP contribution in [-0.4, -0.2) is 29.1 Å². The van der Waals surface area contributed by atoms with E-state index in [9.17, 15) is 5.11 Å². The van der Waals surface area contributed by atoms with E-state index in [4.69, 9.17) is 0 Å². The van der Waals surface area contributed by atoms with Crippen LogP contribution in [-0.2, 0) is 6.42 Å². The smallest absolute Gasteiger partial charge is 0.0947 e. The van der Waals surface area contributed by atoms with Crippen LogP contribution in [0.25, 0.3) is 0 Å². The Labute approximate surface area is 122 Å². The molecule has 1 N–H and O–H groups in total. The molecule has 1 aromatic rings. The van der Waals surface area contributed by atoms with Crippen LogP contribution in [0.2, 0.25) is 0 Å². The van der Waals surface area contributed by atoms with Crippen molar-refractivity contribution < 1.29 is 5.11 Å². The van der Waals surface area contributed by atoms with Gasteiger partial charge in [0.15, 0.2) is 0 Å². The molecule has 0 saturated carbocycles. The van der Waals surface area contributed by atoms with Crippen LogP contribution in [0.3, 0.4) is 0 Å². The maximum atomic E-state index is 10.7. The van der Waals surface area contributed by atoms with Crippen LogP contribution in [0.5, 0.6) is 0 Å². The molecule has 0 spiro atoms. The fourth-order valence-corrected chi connectivity index (χ4v) is 4.03. The van der Waals surface area contributed by atoms with E-state index in [1.165, 1.54) is 49.9 Å². The highest BCUT2D eigenvalue weighted by atomic mass is 16.3. The van der Waals surface area contributed by atoms with Crippen molar-refractivity contribution in [1.29, 1.82) is 0 Å². The molecule has 1 heterocycles. The molecule has 2 aliphatic rings. The van der Waals surface area contributed by atoms with Gasteiger partial charge < -0.3 is 5.11 Å². The van der Waals surface area contributed by atoms with E-state index in [0.717, 1.165) is 18.8 Å². The third-order valence-corrected chi connectivity index (χ3v) is 5.38. The number of hydrogen-bond acceptors (Lipinski definition) is 2. The second kappa shape index (κ2) is 6.28. The number of aliphatic hydroxyl groups is 1. The molecule has 3 unspecified atom stereocenters. The largest absolute Gasteiger partial charge is 0.387 e. The van der Waals surface area contributed by atoms with Crippen molar-refractivity contribution in [2.75, 3.05) is 13.1 Å². The molecule has 0 bridgehead atoms. The Morgan fingerprint density at radius 3 is 2.85 bits per heavy atom. The number of rotatable bonds is 2. The van der Waals surface area contributed by atoms with Crippen molar-refractivity contribution in [3.63, 3.8) is 0 Å². The van der Waals surface area contributed by atoms with Gasteiger partial charge in [-0.15, -0.1) is 0 Å². The van der Waals surface area contributed by atoms with Gasteiger partial charge in [0.1, 0.15) is 0 Å². The zero-order valence-electron chi connectivity index (χ0n) is 12.6. The normalized spacial score (nSPS) is 31.6. The van der Waals surface area contributed by atoms with Crippen LogP contribution in [0.4, 0.5) is 0 Å².